The number of para-hydroxylation sites is 2. The van der Waals surface area contributed by atoms with Gasteiger partial charge in [0.25, 0.3) is 11.6 Å². The van der Waals surface area contributed by atoms with E-state index in [1.807, 2.05) is 48.5 Å². The molecule has 3 aromatic carbocycles. The van der Waals surface area contributed by atoms with Crippen LogP contribution in [0.15, 0.2) is 77.2 Å². The number of fused-ring (bicyclic) bond motifs is 1. The van der Waals surface area contributed by atoms with Gasteiger partial charge in [0, 0.05) is 23.1 Å². The van der Waals surface area contributed by atoms with Gasteiger partial charge in [-0.1, -0.05) is 42.5 Å². The number of benzene rings is 3. The van der Waals surface area contributed by atoms with E-state index in [9.17, 15) is 14.9 Å². The van der Waals surface area contributed by atoms with Gasteiger partial charge < -0.3 is 14.5 Å². The maximum atomic E-state index is 13.0. The minimum atomic E-state index is -0.505. The van der Waals surface area contributed by atoms with Crippen molar-refractivity contribution in [2.75, 3.05) is 5.32 Å². The summed E-state index contributed by atoms with van der Waals surface area (Å²) in [5.74, 6) is 0.281. The molecule has 0 spiro atoms. The van der Waals surface area contributed by atoms with E-state index < -0.39 is 10.8 Å². The van der Waals surface area contributed by atoms with E-state index in [2.05, 4.69) is 5.32 Å². The van der Waals surface area contributed by atoms with Crippen molar-refractivity contribution in [1.82, 2.24) is 0 Å². The Kier molecular flexibility index (Phi) is 5.17. The van der Waals surface area contributed by atoms with Crippen molar-refractivity contribution in [3.63, 3.8) is 0 Å². The Labute approximate surface area is 172 Å². The van der Waals surface area contributed by atoms with E-state index in [1.54, 1.807) is 19.1 Å². The van der Waals surface area contributed by atoms with Crippen LogP contribution < -0.4 is 10.1 Å². The Morgan fingerprint density at radius 3 is 2.57 bits per heavy atom. The van der Waals surface area contributed by atoms with Gasteiger partial charge in [-0.3, -0.25) is 14.9 Å². The molecule has 0 unspecified atom stereocenters. The van der Waals surface area contributed by atoms with Gasteiger partial charge in [0.2, 0.25) is 0 Å². The number of non-ortho nitro benzene ring substituents is 1. The number of furan rings is 1. The van der Waals surface area contributed by atoms with Crippen LogP contribution in [0, 0.1) is 17.0 Å². The summed E-state index contributed by atoms with van der Waals surface area (Å²) >= 11 is 0. The number of nitro benzene ring substituents is 1. The number of nitrogens with one attached hydrogen (secondary N) is 1. The van der Waals surface area contributed by atoms with Gasteiger partial charge in [-0.2, -0.15) is 0 Å². The molecule has 0 fully saturated rings. The number of hydrogen-bond acceptors (Lipinski definition) is 5. The zero-order valence-corrected chi connectivity index (χ0v) is 16.1. The largest absolute Gasteiger partial charge is 0.489 e. The fraction of sp³-hybridized carbons (Fsp3) is 0.0870. The average molecular weight is 402 g/mol. The Balaban J connectivity index is 1.67. The maximum absolute atomic E-state index is 13.0. The van der Waals surface area contributed by atoms with Gasteiger partial charge in [-0.05, 0) is 30.7 Å². The van der Waals surface area contributed by atoms with Crippen molar-refractivity contribution in [2.24, 2.45) is 0 Å². The van der Waals surface area contributed by atoms with Crippen molar-refractivity contribution in [1.29, 1.82) is 0 Å². The zero-order chi connectivity index (χ0) is 21.1. The molecule has 0 saturated carbocycles. The van der Waals surface area contributed by atoms with Crippen molar-refractivity contribution >= 4 is 28.3 Å². The van der Waals surface area contributed by atoms with Crippen LogP contribution in [0.1, 0.15) is 21.7 Å². The van der Waals surface area contributed by atoms with E-state index in [4.69, 9.17) is 9.15 Å². The molecule has 1 N–H and O–H groups in total. The van der Waals surface area contributed by atoms with Gasteiger partial charge in [-0.15, -0.1) is 0 Å². The summed E-state index contributed by atoms with van der Waals surface area (Å²) in [4.78, 5) is 23.6. The minimum absolute atomic E-state index is 0.104. The van der Waals surface area contributed by atoms with E-state index in [-0.39, 0.29) is 18.1 Å². The first-order valence-corrected chi connectivity index (χ1v) is 9.27. The molecule has 1 amide bonds. The molecule has 1 aromatic heterocycles. The number of nitro groups is 1. The fourth-order valence-electron chi connectivity index (χ4n) is 3.14. The van der Waals surface area contributed by atoms with E-state index in [0.29, 0.717) is 28.1 Å². The standard InChI is InChI=1S/C23H18N2O5/c1-15-11-12-16(25(27)28)13-20(15)24-23(26)22-19(14-29-17-7-3-2-4-8-17)18-9-5-6-10-21(18)30-22/h2-13H,14H2,1H3,(H,24,26). The number of rotatable bonds is 6. The van der Waals surface area contributed by atoms with Crippen molar-refractivity contribution in [3.8, 4) is 5.75 Å². The molecule has 7 heteroatoms. The lowest BCUT2D eigenvalue weighted by Gasteiger charge is -2.09. The lowest BCUT2D eigenvalue weighted by Crippen LogP contribution is -2.14. The molecule has 0 radical (unpaired) electrons. The fourth-order valence-corrected chi connectivity index (χ4v) is 3.14. The second-order valence-electron chi connectivity index (χ2n) is 6.72. The summed E-state index contributed by atoms with van der Waals surface area (Å²) in [5, 5.41) is 14.6. The zero-order valence-electron chi connectivity index (χ0n) is 16.1. The lowest BCUT2D eigenvalue weighted by atomic mass is 10.1. The van der Waals surface area contributed by atoms with Gasteiger partial charge >= 0.3 is 0 Å². The van der Waals surface area contributed by atoms with E-state index >= 15 is 0 Å². The van der Waals surface area contributed by atoms with Crippen LogP contribution in [0.3, 0.4) is 0 Å². The van der Waals surface area contributed by atoms with Crippen molar-refractivity contribution in [3.05, 3.63) is 99.8 Å². The first-order valence-electron chi connectivity index (χ1n) is 9.27. The predicted octanol–water partition coefficient (Wildman–Crippen LogP) is 5.48. The Hall–Kier alpha value is -4.13. The molecule has 4 rings (SSSR count). The SMILES string of the molecule is Cc1ccc([N+](=O)[O-])cc1NC(=O)c1oc2ccccc2c1COc1ccccc1. The van der Waals surface area contributed by atoms with Gasteiger partial charge in [0.05, 0.1) is 10.6 Å². The first kappa shape index (κ1) is 19.2. The van der Waals surface area contributed by atoms with Crippen LogP contribution in [0.25, 0.3) is 11.0 Å². The smallest absolute Gasteiger partial charge is 0.291 e. The lowest BCUT2D eigenvalue weighted by molar-refractivity contribution is -0.384. The summed E-state index contributed by atoms with van der Waals surface area (Å²) in [6.07, 6.45) is 0. The molecule has 0 bridgehead atoms. The highest BCUT2D eigenvalue weighted by molar-refractivity contribution is 6.07. The van der Waals surface area contributed by atoms with Crippen molar-refractivity contribution < 1.29 is 18.9 Å². The number of anilines is 1. The number of ether oxygens (including phenoxy) is 1. The molecule has 0 saturated heterocycles. The van der Waals surface area contributed by atoms with Gasteiger partial charge in [0.15, 0.2) is 5.76 Å². The third-order valence-corrected chi connectivity index (χ3v) is 4.71. The van der Waals surface area contributed by atoms with Crippen LogP contribution in [-0.4, -0.2) is 10.8 Å². The molecule has 1 heterocycles. The summed E-state index contributed by atoms with van der Waals surface area (Å²) in [6.45, 7) is 1.90. The second kappa shape index (κ2) is 8.08. The summed E-state index contributed by atoms with van der Waals surface area (Å²) in [5.41, 5.74) is 2.12. The number of aryl methyl sites for hydroxylation is 1. The quantitative estimate of drug-likeness (QED) is 0.340. The Morgan fingerprint density at radius 1 is 1.07 bits per heavy atom. The number of hydrogen-bond donors (Lipinski definition) is 1. The van der Waals surface area contributed by atoms with Crippen LogP contribution in [0.5, 0.6) is 5.75 Å². The summed E-state index contributed by atoms with van der Waals surface area (Å²) in [7, 11) is 0. The Morgan fingerprint density at radius 2 is 1.80 bits per heavy atom. The van der Waals surface area contributed by atoms with E-state index in [0.717, 1.165) is 5.39 Å². The molecule has 4 aromatic rings. The number of carbonyl (C=O) groups excluding carboxylic acids is 1. The average Bonchev–Trinajstić information content (AvgIpc) is 3.13. The molecule has 0 aliphatic heterocycles. The van der Waals surface area contributed by atoms with Gasteiger partial charge in [0.1, 0.15) is 17.9 Å². The highest BCUT2D eigenvalue weighted by Crippen LogP contribution is 2.29. The number of carbonyl (C=O) groups is 1. The van der Waals surface area contributed by atoms with E-state index in [1.165, 1.54) is 12.1 Å². The van der Waals surface area contributed by atoms with Gasteiger partial charge in [-0.25, -0.2) is 0 Å². The third kappa shape index (κ3) is 3.86. The first-order chi connectivity index (χ1) is 14.5. The molecule has 0 aliphatic rings. The van der Waals surface area contributed by atoms with Crippen LogP contribution in [0.4, 0.5) is 11.4 Å². The summed E-state index contributed by atoms with van der Waals surface area (Å²) in [6, 6.07) is 20.9. The maximum Gasteiger partial charge on any atom is 0.291 e. The molecule has 7 nitrogen and oxygen atoms in total. The number of amides is 1. The highest BCUT2D eigenvalue weighted by atomic mass is 16.6. The van der Waals surface area contributed by atoms with Crippen LogP contribution in [0.2, 0.25) is 0 Å². The minimum Gasteiger partial charge on any atom is -0.489 e. The molecule has 30 heavy (non-hydrogen) atoms. The highest BCUT2D eigenvalue weighted by Gasteiger charge is 2.22. The summed E-state index contributed by atoms with van der Waals surface area (Å²) < 4.78 is 11.7. The monoisotopic (exact) mass is 402 g/mol. The predicted molar refractivity (Wildman–Crippen MR) is 113 cm³/mol. The molecular weight excluding hydrogens is 384 g/mol. The molecule has 0 aliphatic carbocycles. The van der Waals surface area contributed by atoms with Crippen molar-refractivity contribution in [2.45, 2.75) is 13.5 Å². The second-order valence-corrected chi connectivity index (χ2v) is 6.72. The molecular formula is C23H18N2O5. The Bertz CT molecular complexity index is 1230. The third-order valence-electron chi connectivity index (χ3n) is 4.71. The normalized spacial score (nSPS) is 10.7. The van der Waals surface area contributed by atoms with Crippen LogP contribution in [-0.2, 0) is 6.61 Å². The van der Waals surface area contributed by atoms with Crippen LogP contribution >= 0.6 is 0 Å². The topological polar surface area (TPSA) is 94.6 Å². The molecule has 150 valence electrons. The molecule has 0 atom stereocenters. The number of nitrogens with zero attached hydrogens (tertiary/aromatic N) is 1.